The highest BCUT2D eigenvalue weighted by atomic mass is 32.2. The van der Waals surface area contributed by atoms with Crippen LogP contribution in [0.4, 0.5) is 5.69 Å². The molecule has 3 N–H and O–H groups in total. The lowest BCUT2D eigenvalue weighted by Crippen LogP contribution is -2.47. The fourth-order valence-corrected chi connectivity index (χ4v) is 6.79. The Hall–Kier alpha value is -6.09. The van der Waals surface area contributed by atoms with Gasteiger partial charge in [-0.15, -0.1) is 0 Å². The summed E-state index contributed by atoms with van der Waals surface area (Å²) < 4.78 is 51.1. The standard InChI is InChI=1S/C39H42N4O10S/c1-27(44)41-31(22-30-18-19-32(43-24-36(45)42-54(43,48)49)35(23-30)53-26-29-14-7-4-8-15-29)38(46)40-20-9-10-21-51-33-16-11-17-34(37(33)39(47)50-2)52-25-28-12-5-3-6-13-28/h3-8,11-19,23,31H,9-10,20-22,24-26H2,1-2H3,(H,40,46)(H,41,44)(H,42,45)/t31-/m0/s1. The summed E-state index contributed by atoms with van der Waals surface area (Å²) in [4.78, 5) is 50.0. The maximum Gasteiger partial charge on any atom is 0.345 e. The van der Waals surface area contributed by atoms with E-state index in [1.165, 1.54) is 20.1 Å². The Morgan fingerprint density at radius 3 is 2.02 bits per heavy atom. The van der Waals surface area contributed by atoms with Gasteiger partial charge < -0.3 is 29.6 Å². The number of nitrogens with one attached hydrogen (secondary N) is 3. The summed E-state index contributed by atoms with van der Waals surface area (Å²) >= 11 is 0. The zero-order chi connectivity index (χ0) is 38.5. The molecule has 0 unspecified atom stereocenters. The predicted octanol–water partition coefficient (Wildman–Crippen LogP) is 3.83. The van der Waals surface area contributed by atoms with Crippen molar-refractivity contribution < 1.29 is 46.5 Å². The Morgan fingerprint density at radius 2 is 1.43 bits per heavy atom. The molecule has 1 atom stereocenters. The Labute approximate surface area is 313 Å². The van der Waals surface area contributed by atoms with E-state index in [-0.39, 0.29) is 49.8 Å². The minimum Gasteiger partial charge on any atom is -0.493 e. The van der Waals surface area contributed by atoms with Crippen molar-refractivity contribution in [1.29, 1.82) is 0 Å². The Bertz CT molecular complexity index is 2050. The van der Waals surface area contributed by atoms with Crippen LogP contribution >= 0.6 is 0 Å². The number of hydrogen-bond donors (Lipinski definition) is 3. The lowest BCUT2D eigenvalue weighted by Gasteiger charge is -2.22. The zero-order valence-corrected chi connectivity index (χ0v) is 30.7. The highest BCUT2D eigenvalue weighted by Crippen LogP contribution is 2.34. The molecule has 4 aromatic carbocycles. The lowest BCUT2D eigenvalue weighted by atomic mass is 10.0. The van der Waals surface area contributed by atoms with Crippen molar-refractivity contribution in [3.8, 4) is 17.2 Å². The Balaban J connectivity index is 1.19. The average molecular weight is 759 g/mol. The maximum absolute atomic E-state index is 13.3. The number of anilines is 1. The van der Waals surface area contributed by atoms with Crippen LogP contribution in [0.25, 0.3) is 0 Å². The molecule has 0 aromatic heterocycles. The maximum atomic E-state index is 13.3. The average Bonchev–Trinajstić information content (AvgIpc) is 3.45. The molecule has 0 spiro atoms. The van der Waals surface area contributed by atoms with Crippen LogP contribution in [-0.4, -0.2) is 65.0 Å². The van der Waals surface area contributed by atoms with E-state index in [2.05, 4.69) is 10.6 Å². The summed E-state index contributed by atoms with van der Waals surface area (Å²) in [6, 6.07) is 27.6. The van der Waals surface area contributed by atoms with Crippen LogP contribution in [0.1, 0.15) is 46.8 Å². The molecular formula is C39H42N4O10S. The molecule has 3 amide bonds. The molecule has 1 aliphatic heterocycles. The van der Waals surface area contributed by atoms with E-state index in [4.69, 9.17) is 18.9 Å². The molecule has 1 saturated heterocycles. The van der Waals surface area contributed by atoms with Gasteiger partial charge in [-0.3, -0.25) is 14.4 Å². The van der Waals surface area contributed by atoms with E-state index in [0.717, 1.165) is 15.4 Å². The molecule has 5 rings (SSSR count). The van der Waals surface area contributed by atoms with Gasteiger partial charge in [-0.05, 0) is 53.8 Å². The number of esters is 1. The van der Waals surface area contributed by atoms with Crippen LogP contribution in [0.5, 0.6) is 17.2 Å². The number of hydrogen-bond acceptors (Lipinski definition) is 10. The number of rotatable bonds is 18. The van der Waals surface area contributed by atoms with Crippen LogP contribution in [-0.2, 0) is 49.0 Å². The molecule has 54 heavy (non-hydrogen) atoms. The largest absolute Gasteiger partial charge is 0.493 e. The molecule has 0 bridgehead atoms. The SMILES string of the molecule is COC(=O)c1c(OCCCCNC(=O)[C@H](Cc2ccc(N3CC(=O)NS3(=O)=O)c(OCc3ccccc3)c2)NC(C)=O)cccc1OCc1ccccc1. The topological polar surface area (TPSA) is 179 Å². The molecule has 0 radical (unpaired) electrons. The van der Waals surface area contributed by atoms with Crippen molar-refractivity contribution in [2.75, 3.05) is 31.1 Å². The van der Waals surface area contributed by atoms with Crippen molar-refractivity contribution in [3.05, 3.63) is 119 Å². The van der Waals surface area contributed by atoms with Crippen molar-refractivity contribution in [2.45, 2.75) is 45.4 Å². The van der Waals surface area contributed by atoms with Gasteiger partial charge in [-0.2, -0.15) is 8.42 Å². The number of amides is 3. The van der Waals surface area contributed by atoms with E-state index in [9.17, 15) is 27.6 Å². The Kier molecular flexibility index (Phi) is 13.5. The number of unbranched alkanes of at least 4 members (excludes halogenated alkanes) is 1. The van der Waals surface area contributed by atoms with Crippen LogP contribution in [0.15, 0.2) is 97.1 Å². The second-order valence-electron chi connectivity index (χ2n) is 12.3. The highest BCUT2D eigenvalue weighted by Gasteiger charge is 2.36. The van der Waals surface area contributed by atoms with Gasteiger partial charge in [0.2, 0.25) is 11.8 Å². The van der Waals surface area contributed by atoms with Crippen molar-refractivity contribution in [1.82, 2.24) is 15.4 Å². The molecule has 14 nitrogen and oxygen atoms in total. The first-order valence-corrected chi connectivity index (χ1v) is 18.7. The van der Waals surface area contributed by atoms with Gasteiger partial charge in [0.25, 0.3) is 5.91 Å². The first-order valence-electron chi connectivity index (χ1n) is 17.2. The monoisotopic (exact) mass is 758 g/mol. The minimum absolute atomic E-state index is 0.0689. The van der Waals surface area contributed by atoms with Crippen molar-refractivity contribution in [2.24, 2.45) is 0 Å². The first-order chi connectivity index (χ1) is 26.0. The van der Waals surface area contributed by atoms with Gasteiger partial charge in [0.05, 0.1) is 19.4 Å². The second kappa shape index (κ2) is 18.6. The Morgan fingerprint density at radius 1 is 0.796 bits per heavy atom. The second-order valence-corrected chi connectivity index (χ2v) is 13.9. The number of nitrogens with zero attached hydrogens (tertiary/aromatic N) is 1. The summed E-state index contributed by atoms with van der Waals surface area (Å²) in [6.45, 7) is 1.78. The van der Waals surface area contributed by atoms with Gasteiger partial charge in [-0.25, -0.2) is 13.8 Å². The van der Waals surface area contributed by atoms with Crippen molar-refractivity contribution >= 4 is 39.6 Å². The van der Waals surface area contributed by atoms with Gasteiger partial charge in [0.15, 0.2) is 0 Å². The van der Waals surface area contributed by atoms with Crippen LogP contribution in [0.2, 0.25) is 0 Å². The van der Waals surface area contributed by atoms with E-state index >= 15 is 0 Å². The van der Waals surface area contributed by atoms with E-state index in [1.807, 2.05) is 65.4 Å². The van der Waals surface area contributed by atoms with Crippen LogP contribution in [0.3, 0.4) is 0 Å². The number of carbonyl (C=O) groups excluding carboxylic acids is 4. The normalized spacial score (nSPS) is 13.7. The molecule has 284 valence electrons. The fourth-order valence-electron chi connectivity index (χ4n) is 5.63. The number of methoxy groups -OCH3 is 1. The summed E-state index contributed by atoms with van der Waals surface area (Å²) in [7, 11) is -2.83. The quantitative estimate of drug-likeness (QED) is 0.0998. The minimum atomic E-state index is -4.12. The summed E-state index contributed by atoms with van der Waals surface area (Å²) in [5.41, 5.74) is 2.68. The number of ether oxygens (including phenoxy) is 4. The van der Waals surface area contributed by atoms with Crippen LogP contribution in [0, 0.1) is 0 Å². The van der Waals surface area contributed by atoms with Gasteiger partial charge in [0, 0.05) is 19.9 Å². The number of carbonyl (C=O) groups is 4. The van der Waals surface area contributed by atoms with E-state index < -0.39 is 46.5 Å². The lowest BCUT2D eigenvalue weighted by molar-refractivity contribution is -0.128. The molecule has 1 heterocycles. The molecule has 1 fully saturated rings. The first kappa shape index (κ1) is 39.1. The van der Waals surface area contributed by atoms with Gasteiger partial charge in [0.1, 0.15) is 48.6 Å². The van der Waals surface area contributed by atoms with E-state index in [1.54, 1.807) is 30.3 Å². The molecule has 0 saturated carbocycles. The van der Waals surface area contributed by atoms with Crippen molar-refractivity contribution in [3.63, 3.8) is 0 Å². The smallest absolute Gasteiger partial charge is 0.345 e. The van der Waals surface area contributed by atoms with Gasteiger partial charge in [-0.1, -0.05) is 72.8 Å². The molecule has 4 aromatic rings. The van der Waals surface area contributed by atoms with Gasteiger partial charge >= 0.3 is 16.2 Å². The molecule has 1 aliphatic rings. The molecular weight excluding hydrogens is 717 g/mol. The summed E-state index contributed by atoms with van der Waals surface area (Å²) in [5.74, 6) is -1.28. The van der Waals surface area contributed by atoms with Crippen LogP contribution < -0.4 is 33.9 Å². The fraction of sp³-hybridized carbons (Fsp3) is 0.282. The van der Waals surface area contributed by atoms with E-state index in [0.29, 0.717) is 29.9 Å². The highest BCUT2D eigenvalue weighted by molar-refractivity contribution is 7.92. The number of benzene rings is 4. The molecule has 0 aliphatic carbocycles. The third-order valence-corrected chi connectivity index (χ3v) is 9.62. The summed E-state index contributed by atoms with van der Waals surface area (Å²) in [6.07, 6.45) is 1.13. The molecule has 15 heteroatoms. The zero-order valence-electron chi connectivity index (χ0n) is 29.9. The summed E-state index contributed by atoms with van der Waals surface area (Å²) in [5, 5.41) is 5.54. The predicted molar refractivity (Wildman–Crippen MR) is 199 cm³/mol. The third-order valence-electron chi connectivity index (χ3n) is 8.23. The third kappa shape index (κ3) is 10.7.